The molecule has 0 bridgehead atoms. The van der Waals surface area contributed by atoms with Crippen LogP contribution in [0, 0.1) is 5.82 Å². The zero-order chi connectivity index (χ0) is 16.4. The molecule has 3 rings (SSSR count). The maximum Gasteiger partial charge on any atom is 0.258 e. The van der Waals surface area contributed by atoms with E-state index in [1.54, 1.807) is 18.2 Å². The third-order valence-corrected chi connectivity index (χ3v) is 4.24. The molecular weight excluding hydrogens is 317 g/mol. The van der Waals surface area contributed by atoms with Gasteiger partial charge in [-0.05, 0) is 37.1 Å². The van der Waals surface area contributed by atoms with Crippen molar-refractivity contribution in [3.05, 3.63) is 52.8 Å². The molecule has 23 heavy (non-hydrogen) atoms. The first-order valence-electron chi connectivity index (χ1n) is 7.46. The predicted octanol–water partition coefficient (Wildman–Crippen LogP) is 3.91. The van der Waals surface area contributed by atoms with Gasteiger partial charge < -0.3 is 16.0 Å². The van der Waals surface area contributed by atoms with E-state index in [9.17, 15) is 9.18 Å². The minimum absolute atomic E-state index is 0.0249. The minimum Gasteiger partial charge on any atom is -0.397 e. The largest absolute Gasteiger partial charge is 0.397 e. The summed E-state index contributed by atoms with van der Waals surface area (Å²) >= 11 is 6.17. The molecule has 1 fully saturated rings. The van der Waals surface area contributed by atoms with Crippen LogP contribution in [0.15, 0.2) is 36.4 Å². The van der Waals surface area contributed by atoms with Gasteiger partial charge >= 0.3 is 0 Å². The van der Waals surface area contributed by atoms with E-state index in [1.165, 1.54) is 18.2 Å². The number of benzene rings is 2. The monoisotopic (exact) mass is 333 g/mol. The molecule has 1 aliphatic rings. The summed E-state index contributed by atoms with van der Waals surface area (Å²) in [6.45, 7) is 1.85. The summed E-state index contributed by atoms with van der Waals surface area (Å²) in [6.07, 6.45) is 2.22. The molecule has 2 aromatic carbocycles. The van der Waals surface area contributed by atoms with Gasteiger partial charge in [0.1, 0.15) is 5.82 Å². The summed E-state index contributed by atoms with van der Waals surface area (Å²) in [7, 11) is 0. The van der Waals surface area contributed by atoms with E-state index < -0.39 is 11.7 Å². The van der Waals surface area contributed by atoms with Gasteiger partial charge in [0.05, 0.1) is 27.6 Å². The Morgan fingerprint density at radius 2 is 1.91 bits per heavy atom. The van der Waals surface area contributed by atoms with Crippen molar-refractivity contribution in [3.8, 4) is 0 Å². The third kappa shape index (κ3) is 3.24. The van der Waals surface area contributed by atoms with Crippen molar-refractivity contribution in [2.75, 3.05) is 29.0 Å². The van der Waals surface area contributed by atoms with Gasteiger partial charge in [0.25, 0.3) is 5.91 Å². The molecule has 0 radical (unpaired) electrons. The summed E-state index contributed by atoms with van der Waals surface area (Å²) in [6, 6.07) is 9.19. The lowest BCUT2D eigenvalue weighted by atomic mass is 10.1. The zero-order valence-corrected chi connectivity index (χ0v) is 13.2. The minimum atomic E-state index is -0.573. The number of rotatable bonds is 3. The zero-order valence-electron chi connectivity index (χ0n) is 12.5. The van der Waals surface area contributed by atoms with E-state index in [1.807, 2.05) is 0 Å². The van der Waals surface area contributed by atoms with E-state index >= 15 is 0 Å². The number of hydrogen-bond acceptors (Lipinski definition) is 3. The van der Waals surface area contributed by atoms with Gasteiger partial charge in [0, 0.05) is 13.1 Å². The fourth-order valence-corrected chi connectivity index (χ4v) is 2.96. The Balaban J connectivity index is 1.89. The fraction of sp³-hybridized carbons (Fsp3) is 0.235. The summed E-state index contributed by atoms with van der Waals surface area (Å²) in [5.41, 5.74) is 7.85. The first kappa shape index (κ1) is 15.6. The van der Waals surface area contributed by atoms with Gasteiger partial charge in [-0.1, -0.05) is 23.7 Å². The number of anilines is 3. The normalized spacial score (nSPS) is 14.1. The van der Waals surface area contributed by atoms with Crippen LogP contribution in [0.3, 0.4) is 0 Å². The highest BCUT2D eigenvalue weighted by molar-refractivity contribution is 6.34. The maximum absolute atomic E-state index is 13.7. The molecule has 1 amide bonds. The molecule has 0 atom stereocenters. The lowest BCUT2D eigenvalue weighted by Crippen LogP contribution is -2.20. The summed E-state index contributed by atoms with van der Waals surface area (Å²) in [5, 5.41) is 2.99. The highest BCUT2D eigenvalue weighted by atomic mass is 35.5. The van der Waals surface area contributed by atoms with Crippen LogP contribution in [-0.2, 0) is 0 Å². The lowest BCUT2D eigenvalue weighted by Gasteiger charge is -2.21. The van der Waals surface area contributed by atoms with Crippen LogP contribution < -0.4 is 16.0 Å². The van der Waals surface area contributed by atoms with Gasteiger partial charge in [-0.15, -0.1) is 0 Å². The number of amides is 1. The Morgan fingerprint density at radius 1 is 1.22 bits per heavy atom. The van der Waals surface area contributed by atoms with Crippen molar-refractivity contribution in [2.45, 2.75) is 12.8 Å². The van der Waals surface area contributed by atoms with Gasteiger partial charge in [-0.3, -0.25) is 4.79 Å². The average molecular weight is 334 g/mol. The number of nitrogen functional groups attached to an aromatic ring is 1. The summed E-state index contributed by atoms with van der Waals surface area (Å²) < 4.78 is 13.7. The second-order valence-corrected chi connectivity index (χ2v) is 5.93. The first-order chi connectivity index (χ1) is 11.1. The summed E-state index contributed by atoms with van der Waals surface area (Å²) in [4.78, 5) is 14.4. The number of hydrogen-bond donors (Lipinski definition) is 2. The Bertz CT molecular complexity index is 745. The molecule has 0 spiro atoms. The van der Waals surface area contributed by atoms with Gasteiger partial charge in [0.2, 0.25) is 0 Å². The third-order valence-electron chi connectivity index (χ3n) is 3.93. The van der Waals surface area contributed by atoms with E-state index in [0.29, 0.717) is 16.4 Å². The molecular formula is C17H17ClFN3O. The molecule has 1 heterocycles. The Labute approximate surface area is 139 Å². The van der Waals surface area contributed by atoms with E-state index in [-0.39, 0.29) is 5.56 Å². The van der Waals surface area contributed by atoms with Gasteiger partial charge in [-0.25, -0.2) is 4.39 Å². The standard InChI is InChI=1S/C17H17ClFN3O/c18-12-9-14(20)16(22-7-3-4-8-22)10-15(12)21-17(23)11-5-1-2-6-13(11)19/h1-2,5-6,9-10H,3-4,7-8,20H2,(H,21,23). The molecule has 120 valence electrons. The number of nitrogens with two attached hydrogens (primary N) is 1. The molecule has 6 heteroatoms. The second kappa shape index (κ2) is 6.46. The van der Waals surface area contributed by atoms with Crippen molar-refractivity contribution >= 4 is 34.6 Å². The van der Waals surface area contributed by atoms with Gasteiger partial charge in [-0.2, -0.15) is 0 Å². The van der Waals surface area contributed by atoms with Crippen LogP contribution in [0.25, 0.3) is 0 Å². The highest BCUT2D eigenvalue weighted by Crippen LogP contribution is 2.35. The number of carbonyl (C=O) groups is 1. The van der Waals surface area contributed by atoms with E-state index in [4.69, 9.17) is 17.3 Å². The van der Waals surface area contributed by atoms with Crippen molar-refractivity contribution in [3.63, 3.8) is 0 Å². The second-order valence-electron chi connectivity index (χ2n) is 5.52. The Kier molecular flexibility index (Phi) is 4.39. The summed E-state index contributed by atoms with van der Waals surface area (Å²) in [5.74, 6) is -1.11. The first-order valence-corrected chi connectivity index (χ1v) is 7.84. The predicted molar refractivity (Wildman–Crippen MR) is 91.7 cm³/mol. The SMILES string of the molecule is Nc1cc(Cl)c(NC(=O)c2ccccc2F)cc1N1CCCC1. The average Bonchev–Trinajstić information content (AvgIpc) is 3.04. The Hall–Kier alpha value is -2.27. The van der Waals surface area contributed by atoms with Crippen molar-refractivity contribution in [1.29, 1.82) is 0 Å². The smallest absolute Gasteiger partial charge is 0.258 e. The molecule has 1 aliphatic heterocycles. The van der Waals surface area contributed by atoms with Crippen LogP contribution >= 0.6 is 11.6 Å². The van der Waals surface area contributed by atoms with E-state index in [2.05, 4.69) is 10.2 Å². The number of halogens is 2. The quantitative estimate of drug-likeness (QED) is 0.837. The fourth-order valence-electron chi connectivity index (χ4n) is 2.74. The van der Waals surface area contributed by atoms with Crippen LogP contribution in [0.1, 0.15) is 23.2 Å². The van der Waals surface area contributed by atoms with Gasteiger partial charge in [0.15, 0.2) is 0 Å². The number of carbonyl (C=O) groups excluding carboxylic acids is 1. The number of nitrogens with zero attached hydrogens (tertiary/aromatic N) is 1. The molecule has 0 aromatic heterocycles. The maximum atomic E-state index is 13.7. The van der Waals surface area contributed by atoms with Crippen LogP contribution in [0.2, 0.25) is 5.02 Å². The Morgan fingerprint density at radius 3 is 2.61 bits per heavy atom. The molecule has 4 nitrogen and oxygen atoms in total. The van der Waals surface area contributed by atoms with Crippen LogP contribution in [0.4, 0.5) is 21.5 Å². The van der Waals surface area contributed by atoms with Crippen molar-refractivity contribution in [1.82, 2.24) is 0 Å². The van der Waals surface area contributed by atoms with Crippen molar-refractivity contribution < 1.29 is 9.18 Å². The van der Waals surface area contributed by atoms with Crippen LogP contribution in [0.5, 0.6) is 0 Å². The molecule has 1 saturated heterocycles. The molecule has 0 unspecified atom stereocenters. The lowest BCUT2D eigenvalue weighted by molar-refractivity contribution is 0.102. The van der Waals surface area contributed by atoms with E-state index in [0.717, 1.165) is 31.6 Å². The van der Waals surface area contributed by atoms with Crippen LogP contribution in [-0.4, -0.2) is 19.0 Å². The highest BCUT2D eigenvalue weighted by Gasteiger charge is 2.18. The molecule has 0 saturated carbocycles. The number of nitrogens with one attached hydrogen (secondary N) is 1. The van der Waals surface area contributed by atoms with Crippen molar-refractivity contribution in [2.24, 2.45) is 0 Å². The molecule has 0 aliphatic carbocycles. The molecule has 3 N–H and O–H groups in total. The molecule has 2 aromatic rings. The topological polar surface area (TPSA) is 58.4 Å².